The number of hydrogen-bond donors (Lipinski definition) is 0. The zero-order valence-electron chi connectivity index (χ0n) is 16.3. The Morgan fingerprint density at radius 1 is 1.07 bits per heavy atom. The first kappa shape index (κ1) is 18.2. The van der Waals surface area contributed by atoms with E-state index in [-0.39, 0.29) is 5.63 Å². The van der Waals surface area contributed by atoms with Crippen molar-refractivity contribution in [1.82, 2.24) is 0 Å². The van der Waals surface area contributed by atoms with Gasteiger partial charge in [-0.3, -0.25) is 0 Å². The second-order valence-corrected chi connectivity index (χ2v) is 6.77. The molecule has 146 valence electrons. The minimum atomic E-state index is -0.326. The van der Waals surface area contributed by atoms with Gasteiger partial charge in [-0.15, -0.1) is 0 Å². The number of ether oxygens (including phenoxy) is 3. The lowest BCUT2D eigenvalue weighted by Gasteiger charge is -2.31. The van der Waals surface area contributed by atoms with Crippen LogP contribution in [0.15, 0.2) is 45.6 Å². The van der Waals surface area contributed by atoms with Gasteiger partial charge in [0.05, 0.1) is 26.3 Å². The number of nitrogens with zero attached hydrogens (tertiary/aromatic N) is 1. The van der Waals surface area contributed by atoms with Crippen molar-refractivity contribution < 1.29 is 18.6 Å². The highest BCUT2D eigenvalue weighted by Gasteiger charge is 2.23. The Hall–Kier alpha value is -3.15. The Morgan fingerprint density at radius 3 is 2.64 bits per heavy atom. The highest BCUT2D eigenvalue weighted by molar-refractivity contribution is 5.85. The summed E-state index contributed by atoms with van der Waals surface area (Å²) in [7, 11) is 3.22. The Morgan fingerprint density at radius 2 is 1.89 bits per heavy atom. The maximum Gasteiger partial charge on any atom is 0.336 e. The third-order valence-electron chi connectivity index (χ3n) is 5.03. The van der Waals surface area contributed by atoms with Crippen molar-refractivity contribution in [2.24, 2.45) is 0 Å². The van der Waals surface area contributed by atoms with Gasteiger partial charge in [-0.05, 0) is 36.2 Å². The molecule has 0 radical (unpaired) electrons. The summed E-state index contributed by atoms with van der Waals surface area (Å²) in [6, 6.07) is 11.3. The zero-order chi connectivity index (χ0) is 19.7. The molecule has 0 aliphatic carbocycles. The maximum atomic E-state index is 12.1. The molecule has 1 aliphatic heterocycles. The van der Waals surface area contributed by atoms with Crippen LogP contribution >= 0.6 is 0 Å². The molecule has 2 heterocycles. The van der Waals surface area contributed by atoms with E-state index in [4.69, 9.17) is 18.6 Å². The minimum Gasteiger partial charge on any atom is -0.493 e. The lowest BCUT2D eigenvalue weighted by molar-refractivity contribution is 0.288. The van der Waals surface area contributed by atoms with Crippen LogP contribution in [0.25, 0.3) is 11.0 Å². The predicted molar refractivity (Wildman–Crippen MR) is 108 cm³/mol. The van der Waals surface area contributed by atoms with Gasteiger partial charge in [0.25, 0.3) is 0 Å². The number of aryl methyl sites for hydroxylation is 1. The molecule has 28 heavy (non-hydrogen) atoms. The fraction of sp³-hybridized carbons (Fsp3) is 0.318. The van der Waals surface area contributed by atoms with Gasteiger partial charge in [0.2, 0.25) is 0 Å². The normalized spacial score (nSPS) is 13.2. The van der Waals surface area contributed by atoms with Crippen molar-refractivity contribution in [2.45, 2.75) is 26.3 Å². The van der Waals surface area contributed by atoms with Gasteiger partial charge in [0.1, 0.15) is 11.3 Å². The molecule has 6 nitrogen and oxygen atoms in total. The summed E-state index contributed by atoms with van der Waals surface area (Å²) in [5.74, 6) is 2.08. The van der Waals surface area contributed by atoms with Crippen LogP contribution in [0.3, 0.4) is 0 Å². The van der Waals surface area contributed by atoms with E-state index in [1.807, 2.05) is 30.3 Å². The third-order valence-corrected chi connectivity index (χ3v) is 5.03. The van der Waals surface area contributed by atoms with E-state index in [2.05, 4.69) is 11.8 Å². The summed E-state index contributed by atoms with van der Waals surface area (Å²) in [5, 5.41) is 0.970. The summed E-state index contributed by atoms with van der Waals surface area (Å²) in [6.07, 6.45) is 1.80. The number of fused-ring (bicyclic) bond motifs is 3. The summed E-state index contributed by atoms with van der Waals surface area (Å²) in [6.45, 7) is 3.06. The van der Waals surface area contributed by atoms with Crippen LogP contribution in [0.1, 0.15) is 24.5 Å². The quantitative estimate of drug-likeness (QED) is 0.620. The van der Waals surface area contributed by atoms with E-state index >= 15 is 0 Å². The fourth-order valence-corrected chi connectivity index (χ4v) is 3.66. The molecule has 4 rings (SSSR count). The molecule has 0 saturated heterocycles. The largest absolute Gasteiger partial charge is 0.493 e. The number of rotatable bonds is 5. The van der Waals surface area contributed by atoms with Crippen LogP contribution in [0.2, 0.25) is 0 Å². The second kappa shape index (κ2) is 7.46. The first-order valence-corrected chi connectivity index (χ1v) is 9.33. The number of hydrogen-bond acceptors (Lipinski definition) is 6. The average Bonchev–Trinajstić information content (AvgIpc) is 2.72. The first-order chi connectivity index (χ1) is 13.6. The molecule has 0 fully saturated rings. The standard InChI is InChI=1S/C22H23NO5/c1-4-5-14-10-21(24)28-22-16(14)7-9-18-17(22)12-23(13-27-18)15-6-8-19(25-2)20(11-15)26-3/h6-11H,4-5,12-13H2,1-3H3. The van der Waals surface area contributed by atoms with Crippen LogP contribution in [0, 0.1) is 0 Å². The van der Waals surface area contributed by atoms with Gasteiger partial charge in [-0.2, -0.15) is 0 Å². The van der Waals surface area contributed by atoms with Crippen molar-refractivity contribution >= 4 is 16.7 Å². The molecule has 0 amide bonds. The van der Waals surface area contributed by atoms with Crippen LogP contribution in [0.5, 0.6) is 17.2 Å². The van der Waals surface area contributed by atoms with Crippen molar-refractivity contribution in [2.75, 3.05) is 25.9 Å². The molecule has 3 aromatic rings. The molecule has 0 atom stereocenters. The second-order valence-electron chi connectivity index (χ2n) is 6.77. The number of methoxy groups -OCH3 is 2. The molecular weight excluding hydrogens is 358 g/mol. The van der Waals surface area contributed by atoms with Crippen molar-refractivity contribution in [1.29, 1.82) is 0 Å². The summed E-state index contributed by atoms with van der Waals surface area (Å²) >= 11 is 0. The van der Waals surface area contributed by atoms with Crippen molar-refractivity contribution in [3.05, 3.63) is 57.9 Å². The molecule has 0 spiro atoms. The summed E-state index contributed by atoms with van der Waals surface area (Å²) < 4.78 is 22.3. The fourth-order valence-electron chi connectivity index (χ4n) is 3.66. The first-order valence-electron chi connectivity index (χ1n) is 9.33. The van der Waals surface area contributed by atoms with Crippen LogP contribution in [0.4, 0.5) is 5.69 Å². The number of benzene rings is 2. The SMILES string of the molecule is CCCc1cc(=O)oc2c3c(ccc12)OCN(c1ccc(OC)c(OC)c1)C3. The van der Waals surface area contributed by atoms with Gasteiger partial charge < -0.3 is 23.5 Å². The zero-order valence-corrected chi connectivity index (χ0v) is 16.3. The average molecular weight is 381 g/mol. The molecule has 0 bridgehead atoms. The summed E-state index contributed by atoms with van der Waals surface area (Å²) in [4.78, 5) is 14.2. The molecule has 1 aliphatic rings. The lowest BCUT2D eigenvalue weighted by atomic mass is 10.0. The molecule has 2 aromatic carbocycles. The smallest absolute Gasteiger partial charge is 0.336 e. The minimum absolute atomic E-state index is 0.326. The predicted octanol–water partition coefficient (Wildman–Crippen LogP) is 4.12. The Balaban J connectivity index is 1.77. The van der Waals surface area contributed by atoms with Crippen molar-refractivity contribution in [3.8, 4) is 17.2 Å². The van der Waals surface area contributed by atoms with E-state index in [1.165, 1.54) is 0 Å². The molecular formula is C22H23NO5. The summed E-state index contributed by atoms with van der Waals surface area (Å²) in [5.41, 5.74) is 3.12. The van der Waals surface area contributed by atoms with E-state index in [1.54, 1.807) is 20.3 Å². The number of anilines is 1. The van der Waals surface area contributed by atoms with Crippen molar-refractivity contribution in [3.63, 3.8) is 0 Å². The van der Waals surface area contributed by atoms with Gasteiger partial charge in [-0.25, -0.2) is 4.79 Å². The van der Waals surface area contributed by atoms with Crippen LogP contribution < -0.4 is 24.7 Å². The molecule has 1 aromatic heterocycles. The van der Waals surface area contributed by atoms with Crippen LogP contribution in [-0.2, 0) is 13.0 Å². The Labute approximate surface area is 163 Å². The topological polar surface area (TPSA) is 61.1 Å². The molecule has 0 saturated carbocycles. The molecule has 0 N–H and O–H groups in total. The Bertz CT molecular complexity index is 1070. The molecule has 0 unspecified atom stereocenters. The van der Waals surface area contributed by atoms with E-state index in [0.717, 1.165) is 40.8 Å². The van der Waals surface area contributed by atoms with Gasteiger partial charge >= 0.3 is 5.63 Å². The Kier molecular flexibility index (Phi) is 4.86. The van der Waals surface area contributed by atoms with E-state index < -0.39 is 0 Å². The third kappa shape index (κ3) is 3.15. The lowest BCUT2D eigenvalue weighted by Crippen LogP contribution is -2.32. The highest BCUT2D eigenvalue weighted by Crippen LogP contribution is 2.37. The van der Waals surface area contributed by atoms with Gasteiger partial charge in [-0.1, -0.05) is 13.3 Å². The van der Waals surface area contributed by atoms with E-state index in [9.17, 15) is 4.79 Å². The van der Waals surface area contributed by atoms with Gasteiger partial charge in [0, 0.05) is 23.2 Å². The van der Waals surface area contributed by atoms with E-state index in [0.29, 0.717) is 30.4 Å². The monoisotopic (exact) mass is 381 g/mol. The maximum absolute atomic E-state index is 12.1. The molecule has 6 heteroatoms. The van der Waals surface area contributed by atoms with Crippen LogP contribution in [-0.4, -0.2) is 21.0 Å². The highest BCUT2D eigenvalue weighted by atomic mass is 16.5. The van der Waals surface area contributed by atoms with Gasteiger partial charge in [0.15, 0.2) is 18.2 Å².